The molecule has 0 amide bonds. The van der Waals surface area contributed by atoms with Gasteiger partial charge in [0.25, 0.3) is 0 Å². The van der Waals surface area contributed by atoms with Gasteiger partial charge in [-0.25, -0.2) is 4.98 Å². The average Bonchev–Trinajstić information content (AvgIpc) is 2.45. The molecule has 0 saturated heterocycles. The van der Waals surface area contributed by atoms with Gasteiger partial charge in [0.1, 0.15) is 5.65 Å². The van der Waals surface area contributed by atoms with E-state index in [4.69, 9.17) is 4.55 Å². The molecule has 14 heavy (non-hydrogen) atoms. The van der Waals surface area contributed by atoms with E-state index in [9.17, 15) is 8.42 Å². The summed E-state index contributed by atoms with van der Waals surface area (Å²) in [5.41, 5.74) is 0.459. The fourth-order valence-electron chi connectivity index (χ4n) is 1.12. The van der Waals surface area contributed by atoms with Gasteiger partial charge in [0, 0.05) is 10.7 Å². The fourth-order valence-corrected chi connectivity index (χ4v) is 2.04. The number of nitrogens with zero attached hydrogens (tertiary/aromatic N) is 2. The number of imidazole rings is 1. The van der Waals surface area contributed by atoms with Crippen LogP contribution in [0.2, 0.25) is 0 Å². The summed E-state index contributed by atoms with van der Waals surface area (Å²) >= 11 is 3.19. The van der Waals surface area contributed by atoms with Gasteiger partial charge < -0.3 is 0 Å². The Bertz CT molecular complexity index is 590. The lowest BCUT2D eigenvalue weighted by atomic mass is 10.5. The average molecular weight is 277 g/mol. The quantitative estimate of drug-likeness (QED) is 0.798. The molecule has 1 N–H and O–H groups in total. The van der Waals surface area contributed by atoms with Crippen LogP contribution in [-0.2, 0) is 10.1 Å². The van der Waals surface area contributed by atoms with Crippen molar-refractivity contribution in [2.45, 2.75) is 5.03 Å². The SMILES string of the molecule is O=S(=O)(O)c1cnc2ccc(Br)cn12. The summed E-state index contributed by atoms with van der Waals surface area (Å²) in [6.07, 6.45) is 2.63. The smallest absolute Gasteiger partial charge is 0.287 e. The van der Waals surface area contributed by atoms with Gasteiger partial charge in [-0.1, -0.05) is 0 Å². The number of hydrogen-bond donors (Lipinski definition) is 1. The van der Waals surface area contributed by atoms with E-state index in [0.717, 1.165) is 6.20 Å². The van der Waals surface area contributed by atoms with Crippen LogP contribution in [0, 0.1) is 0 Å². The summed E-state index contributed by atoms with van der Waals surface area (Å²) in [6, 6.07) is 3.37. The summed E-state index contributed by atoms with van der Waals surface area (Å²) in [7, 11) is -4.22. The normalized spacial score (nSPS) is 12.1. The molecule has 0 aromatic carbocycles. The first kappa shape index (κ1) is 9.63. The number of rotatable bonds is 1. The second kappa shape index (κ2) is 3.04. The third kappa shape index (κ3) is 1.54. The molecule has 7 heteroatoms. The highest BCUT2D eigenvalue weighted by Crippen LogP contribution is 2.16. The van der Waals surface area contributed by atoms with Gasteiger partial charge in [0.2, 0.25) is 0 Å². The van der Waals surface area contributed by atoms with Gasteiger partial charge in [-0.05, 0) is 28.1 Å². The number of halogens is 1. The van der Waals surface area contributed by atoms with Gasteiger partial charge >= 0.3 is 10.1 Å². The largest absolute Gasteiger partial charge is 0.312 e. The molecular formula is C7H5BrN2O3S. The van der Waals surface area contributed by atoms with Gasteiger partial charge in [-0.2, -0.15) is 8.42 Å². The van der Waals surface area contributed by atoms with E-state index in [2.05, 4.69) is 20.9 Å². The van der Waals surface area contributed by atoms with Gasteiger partial charge in [0.15, 0.2) is 5.03 Å². The number of aromatic nitrogens is 2. The standard InChI is InChI=1S/C7H5BrN2O3S/c8-5-1-2-6-9-3-7(10(6)4-5)14(11,12)13/h1-4H,(H,11,12,13). The molecule has 0 bridgehead atoms. The van der Waals surface area contributed by atoms with E-state index < -0.39 is 10.1 Å². The Kier molecular flexibility index (Phi) is 2.09. The van der Waals surface area contributed by atoms with Crippen LogP contribution < -0.4 is 0 Å². The van der Waals surface area contributed by atoms with Crippen LogP contribution in [0.4, 0.5) is 0 Å². The van der Waals surface area contributed by atoms with E-state index in [1.165, 1.54) is 10.6 Å². The molecular weight excluding hydrogens is 272 g/mol. The third-order valence-electron chi connectivity index (χ3n) is 1.70. The molecule has 74 valence electrons. The first-order valence-electron chi connectivity index (χ1n) is 3.58. The molecule has 2 aromatic rings. The van der Waals surface area contributed by atoms with Crippen LogP contribution in [-0.4, -0.2) is 22.4 Å². The van der Waals surface area contributed by atoms with Crippen molar-refractivity contribution in [1.29, 1.82) is 0 Å². The molecule has 0 aliphatic rings. The van der Waals surface area contributed by atoms with Crippen LogP contribution in [0.1, 0.15) is 0 Å². The molecule has 0 unspecified atom stereocenters. The van der Waals surface area contributed by atoms with Crippen LogP contribution in [0.5, 0.6) is 0 Å². The second-order valence-electron chi connectivity index (χ2n) is 2.65. The molecule has 0 aliphatic carbocycles. The Morgan fingerprint density at radius 2 is 2.14 bits per heavy atom. The second-order valence-corrected chi connectivity index (χ2v) is 4.93. The molecule has 0 atom stereocenters. The molecule has 0 saturated carbocycles. The molecule has 2 aromatic heterocycles. The van der Waals surface area contributed by atoms with Crippen LogP contribution in [0.3, 0.4) is 0 Å². The fraction of sp³-hybridized carbons (Fsp3) is 0. The predicted molar refractivity (Wildman–Crippen MR) is 52.7 cm³/mol. The lowest BCUT2D eigenvalue weighted by Crippen LogP contribution is -2.02. The maximum atomic E-state index is 10.9. The first-order chi connectivity index (χ1) is 6.48. The maximum absolute atomic E-state index is 10.9. The van der Waals surface area contributed by atoms with Crippen molar-refractivity contribution in [2.75, 3.05) is 0 Å². The van der Waals surface area contributed by atoms with E-state index in [-0.39, 0.29) is 5.03 Å². The first-order valence-corrected chi connectivity index (χ1v) is 5.82. The zero-order valence-electron chi connectivity index (χ0n) is 6.75. The van der Waals surface area contributed by atoms with Crippen LogP contribution in [0.15, 0.2) is 34.0 Å². The van der Waals surface area contributed by atoms with E-state index in [0.29, 0.717) is 10.1 Å². The summed E-state index contributed by atoms with van der Waals surface area (Å²) in [5, 5.41) is -0.242. The number of pyridine rings is 1. The molecule has 2 heterocycles. The monoisotopic (exact) mass is 276 g/mol. The number of hydrogen-bond acceptors (Lipinski definition) is 3. The molecule has 5 nitrogen and oxygen atoms in total. The van der Waals surface area contributed by atoms with Crippen molar-refractivity contribution >= 4 is 31.7 Å². The summed E-state index contributed by atoms with van der Waals surface area (Å²) in [4.78, 5) is 3.83. The molecule has 0 aliphatic heterocycles. The van der Waals surface area contributed by atoms with Gasteiger partial charge in [-0.3, -0.25) is 8.95 Å². The van der Waals surface area contributed by atoms with Crippen LogP contribution >= 0.6 is 15.9 Å². The highest BCUT2D eigenvalue weighted by molar-refractivity contribution is 9.10. The number of fused-ring (bicyclic) bond motifs is 1. The van der Waals surface area contributed by atoms with Gasteiger partial charge in [-0.15, -0.1) is 0 Å². The van der Waals surface area contributed by atoms with E-state index in [1.54, 1.807) is 12.1 Å². The highest BCUT2D eigenvalue weighted by Gasteiger charge is 2.15. The zero-order chi connectivity index (χ0) is 10.3. The Balaban J connectivity index is 2.87. The van der Waals surface area contributed by atoms with Crippen molar-refractivity contribution < 1.29 is 13.0 Å². The van der Waals surface area contributed by atoms with E-state index in [1.807, 2.05) is 0 Å². The maximum Gasteiger partial charge on any atom is 0.312 e. The molecule has 0 fully saturated rings. The topological polar surface area (TPSA) is 71.7 Å². The predicted octanol–water partition coefficient (Wildman–Crippen LogP) is 1.34. The Hall–Kier alpha value is -0.920. The Morgan fingerprint density at radius 3 is 2.79 bits per heavy atom. The van der Waals surface area contributed by atoms with Crippen molar-refractivity contribution in [1.82, 2.24) is 9.38 Å². The Morgan fingerprint density at radius 1 is 1.43 bits per heavy atom. The third-order valence-corrected chi connectivity index (χ3v) is 3.00. The van der Waals surface area contributed by atoms with Crippen molar-refractivity contribution in [2.24, 2.45) is 0 Å². The zero-order valence-corrected chi connectivity index (χ0v) is 9.16. The molecule has 0 spiro atoms. The minimum atomic E-state index is -4.22. The molecule has 2 rings (SSSR count). The lowest BCUT2D eigenvalue weighted by molar-refractivity contribution is 0.478. The lowest BCUT2D eigenvalue weighted by Gasteiger charge is -1.98. The highest BCUT2D eigenvalue weighted by atomic mass is 79.9. The van der Waals surface area contributed by atoms with E-state index >= 15 is 0 Å². The molecule has 0 radical (unpaired) electrons. The minimum Gasteiger partial charge on any atom is -0.287 e. The summed E-state index contributed by atoms with van der Waals surface area (Å²) < 4.78 is 32.7. The summed E-state index contributed by atoms with van der Waals surface area (Å²) in [6.45, 7) is 0. The van der Waals surface area contributed by atoms with Crippen molar-refractivity contribution in [3.63, 3.8) is 0 Å². The van der Waals surface area contributed by atoms with Gasteiger partial charge in [0.05, 0.1) is 6.20 Å². The minimum absolute atomic E-state index is 0.242. The van der Waals surface area contributed by atoms with Crippen LogP contribution in [0.25, 0.3) is 5.65 Å². The van der Waals surface area contributed by atoms with Crippen molar-refractivity contribution in [3.05, 3.63) is 29.0 Å². The summed E-state index contributed by atoms with van der Waals surface area (Å²) in [5.74, 6) is 0. The van der Waals surface area contributed by atoms with Crippen molar-refractivity contribution in [3.8, 4) is 0 Å². The Labute approximate surface area is 88.3 Å².